The molecule has 1 aliphatic heterocycles. The zero-order valence-corrected chi connectivity index (χ0v) is 10.4. The molecular formula is C13H26N2. The average Bonchev–Trinajstić information content (AvgIpc) is 2.31. The molecule has 1 rings (SSSR count). The lowest BCUT2D eigenvalue weighted by Crippen LogP contribution is -3.16. The van der Waals surface area contributed by atoms with Gasteiger partial charge in [0.25, 0.3) is 0 Å². The van der Waals surface area contributed by atoms with Crippen LogP contribution in [0.2, 0.25) is 0 Å². The molecule has 1 heterocycles. The van der Waals surface area contributed by atoms with Crippen LogP contribution < -0.4 is 4.90 Å². The molecular weight excluding hydrogens is 184 g/mol. The third-order valence-corrected chi connectivity index (χ3v) is 3.37. The summed E-state index contributed by atoms with van der Waals surface area (Å²) in [5, 5.41) is 6.25. The molecule has 2 atom stereocenters. The van der Waals surface area contributed by atoms with Crippen molar-refractivity contribution >= 4 is 0 Å². The van der Waals surface area contributed by atoms with E-state index >= 15 is 0 Å². The predicted molar refractivity (Wildman–Crippen MR) is 63.1 cm³/mol. The number of likely N-dealkylation sites (tertiary alicyclic amines) is 1. The van der Waals surface area contributed by atoms with Crippen LogP contribution in [-0.2, 0) is 0 Å². The Labute approximate surface area is 95.3 Å². The Morgan fingerprint density at radius 1 is 1.20 bits per heavy atom. The Morgan fingerprint density at radius 3 is 2.53 bits per heavy atom. The summed E-state index contributed by atoms with van der Waals surface area (Å²) >= 11 is 0. The van der Waals surface area contributed by atoms with Crippen molar-refractivity contribution in [3.8, 4) is 0 Å². The summed E-state index contributed by atoms with van der Waals surface area (Å²) in [7, 11) is 0. The SMILES string of the molecule is CCCC[NH+]1CCCCC1CCC.[C-]#N. The van der Waals surface area contributed by atoms with E-state index in [1.54, 1.807) is 0 Å². The van der Waals surface area contributed by atoms with Crippen LogP contribution in [0.1, 0.15) is 58.8 Å². The van der Waals surface area contributed by atoms with Gasteiger partial charge in [0.15, 0.2) is 0 Å². The van der Waals surface area contributed by atoms with E-state index < -0.39 is 0 Å². The maximum Gasteiger partial charge on any atom is 0.0874 e. The molecule has 15 heavy (non-hydrogen) atoms. The minimum absolute atomic E-state index is 1.00. The van der Waals surface area contributed by atoms with Gasteiger partial charge in [-0.1, -0.05) is 26.7 Å². The fourth-order valence-corrected chi connectivity index (χ4v) is 2.58. The van der Waals surface area contributed by atoms with E-state index in [1.807, 2.05) is 4.90 Å². The average molecular weight is 210 g/mol. The summed E-state index contributed by atoms with van der Waals surface area (Å²) in [5.74, 6) is 0. The van der Waals surface area contributed by atoms with Crippen LogP contribution >= 0.6 is 0 Å². The van der Waals surface area contributed by atoms with Gasteiger partial charge in [0, 0.05) is 0 Å². The highest BCUT2D eigenvalue weighted by atomic mass is 15.2. The van der Waals surface area contributed by atoms with E-state index in [4.69, 9.17) is 11.8 Å². The molecule has 0 amide bonds. The van der Waals surface area contributed by atoms with Gasteiger partial charge in [-0.25, -0.2) is 0 Å². The standard InChI is InChI=1S/C12H25N.CN/c1-3-5-10-13-11-7-6-9-12(13)8-4-2;1-2/h12H,3-11H2,1-2H3;/q;-1/p+1. The Morgan fingerprint density at radius 2 is 1.93 bits per heavy atom. The van der Waals surface area contributed by atoms with Crippen LogP contribution in [0.15, 0.2) is 0 Å². The molecule has 0 spiro atoms. The number of rotatable bonds is 5. The van der Waals surface area contributed by atoms with Gasteiger partial charge in [0.2, 0.25) is 0 Å². The molecule has 0 aliphatic carbocycles. The maximum absolute atomic E-state index is 6.25. The number of hydrogen-bond donors (Lipinski definition) is 1. The van der Waals surface area contributed by atoms with Gasteiger partial charge in [-0.15, -0.1) is 0 Å². The molecule has 0 saturated carbocycles. The van der Waals surface area contributed by atoms with E-state index in [2.05, 4.69) is 13.8 Å². The molecule has 0 aromatic carbocycles. The van der Waals surface area contributed by atoms with E-state index in [0.29, 0.717) is 0 Å². The first kappa shape index (κ1) is 14.5. The Balaban J connectivity index is 0.000000921. The lowest BCUT2D eigenvalue weighted by atomic mass is 9.98. The number of piperidine rings is 1. The zero-order valence-electron chi connectivity index (χ0n) is 10.4. The van der Waals surface area contributed by atoms with Crippen LogP contribution in [0.3, 0.4) is 0 Å². The van der Waals surface area contributed by atoms with Crippen molar-refractivity contribution in [3.05, 3.63) is 6.57 Å². The second kappa shape index (κ2) is 9.98. The Bertz CT molecular complexity index is 152. The largest absolute Gasteiger partial charge is 0.512 e. The maximum atomic E-state index is 6.25. The Kier molecular flexibility index (Phi) is 9.62. The summed E-state index contributed by atoms with van der Waals surface area (Å²) in [6.07, 6.45) is 10.1. The van der Waals surface area contributed by atoms with E-state index in [1.165, 1.54) is 58.0 Å². The van der Waals surface area contributed by atoms with Gasteiger partial charge in [-0.05, 0) is 32.1 Å². The summed E-state index contributed by atoms with van der Waals surface area (Å²) < 4.78 is 0. The number of hydrogen-bond acceptors (Lipinski definition) is 1. The minimum atomic E-state index is 1.00. The van der Waals surface area contributed by atoms with Crippen LogP contribution in [0.25, 0.3) is 0 Å². The first-order chi connectivity index (χ1) is 7.38. The topological polar surface area (TPSA) is 28.2 Å². The van der Waals surface area contributed by atoms with Crippen LogP contribution in [0.4, 0.5) is 0 Å². The molecule has 1 aliphatic rings. The highest BCUT2D eigenvalue weighted by Crippen LogP contribution is 2.07. The normalized spacial score (nSPS) is 25.3. The fraction of sp³-hybridized carbons (Fsp3) is 0.923. The molecule has 0 radical (unpaired) electrons. The van der Waals surface area contributed by atoms with Gasteiger partial charge < -0.3 is 16.7 Å². The smallest absolute Gasteiger partial charge is 0.0874 e. The number of unbranched alkanes of at least 4 members (excludes halogenated alkanes) is 1. The quantitative estimate of drug-likeness (QED) is 0.692. The van der Waals surface area contributed by atoms with Crippen molar-refractivity contribution < 1.29 is 4.90 Å². The summed E-state index contributed by atoms with van der Waals surface area (Å²) in [6.45, 7) is 12.3. The number of nitrogens with one attached hydrogen (secondary N) is 1. The van der Waals surface area contributed by atoms with Crippen molar-refractivity contribution in [3.63, 3.8) is 0 Å². The molecule has 1 fully saturated rings. The second-order valence-corrected chi connectivity index (χ2v) is 4.49. The lowest BCUT2D eigenvalue weighted by Gasteiger charge is -2.32. The summed E-state index contributed by atoms with van der Waals surface area (Å²) in [4.78, 5) is 1.91. The molecule has 88 valence electrons. The highest BCUT2D eigenvalue weighted by molar-refractivity contribution is 4.60. The molecule has 1 N–H and O–H groups in total. The number of quaternary nitrogens is 1. The molecule has 1 saturated heterocycles. The van der Waals surface area contributed by atoms with Gasteiger partial charge in [0.1, 0.15) is 0 Å². The fourth-order valence-electron chi connectivity index (χ4n) is 2.58. The molecule has 2 nitrogen and oxygen atoms in total. The minimum Gasteiger partial charge on any atom is -0.512 e. The Hall–Kier alpha value is -0.550. The monoisotopic (exact) mass is 210 g/mol. The molecule has 2 heteroatoms. The summed E-state index contributed by atoms with van der Waals surface area (Å²) in [5.41, 5.74) is 0. The van der Waals surface area contributed by atoms with Crippen molar-refractivity contribution in [1.29, 1.82) is 5.26 Å². The zero-order chi connectivity index (χ0) is 11.5. The van der Waals surface area contributed by atoms with E-state index in [0.717, 1.165) is 6.04 Å². The third-order valence-electron chi connectivity index (χ3n) is 3.37. The van der Waals surface area contributed by atoms with E-state index in [9.17, 15) is 0 Å². The van der Waals surface area contributed by atoms with Gasteiger partial charge in [-0.3, -0.25) is 0 Å². The van der Waals surface area contributed by atoms with Crippen molar-refractivity contribution in [1.82, 2.24) is 0 Å². The first-order valence-corrected chi connectivity index (χ1v) is 6.45. The van der Waals surface area contributed by atoms with Crippen molar-refractivity contribution in [2.24, 2.45) is 0 Å². The lowest BCUT2D eigenvalue weighted by molar-refractivity contribution is -0.931. The van der Waals surface area contributed by atoms with Crippen molar-refractivity contribution in [2.45, 2.75) is 64.8 Å². The van der Waals surface area contributed by atoms with Crippen LogP contribution in [0.5, 0.6) is 0 Å². The molecule has 2 unspecified atom stereocenters. The molecule has 0 aromatic heterocycles. The summed E-state index contributed by atoms with van der Waals surface area (Å²) in [6, 6.07) is 1.00. The predicted octanol–water partition coefficient (Wildman–Crippen LogP) is 2.12. The van der Waals surface area contributed by atoms with Crippen molar-refractivity contribution in [2.75, 3.05) is 13.1 Å². The van der Waals surface area contributed by atoms with Gasteiger partial charge in [0.05, 0.1) is 19.1 Å². The van der Waals surface area contributed by atoms with Crippen LogP contribution in [-0.4, -0.2) is 19.1 Å². The highest BCUT2D eigenvalue weighted by Gasteiger charge is 2.23. The third kappa shape index (κ3) is 5.79. The van der Waals surface area contributed by atoms with Gasteiger partial charge >= 0.3 is 0 Å². The first-order valence-electron chi connectivity index (χ1n) is 6.45. The number of nitrogens with zero attached hydrogens (tertiary/aromatic N) is 1. The van der Waals surface area contributed by atoms with Gasteiger partial charge in [-0.2, -0.15) is 0 Å². The van der Waals surface area contributed by atoms with Crippen LogP contribution in [0, 0.1) is 11.8 Å². The second-order valence-electron chi connectivity index (χ2n) is 4.49. The van der Waals surface area contributed by atoms with E-state index in [-0.39, 0.29) is 0 Å². The molecule has 0 bridgehead atoms. The molecule has 0 aromatic rings.